The van der Waals surface area contributed by atoms with Crippen LogP contribution in [0.1, 0.15) is 22.3 Å². The fraction of sp³-hybridized carbons (Fsp3) is 0.500. The Morgan fingerprint density at radius 3 is 2.83 bits per heavy atom. The number of fused-ring (bicyclic) bond motifs is 1. The van der Waals surface area contributed by atoms with Gasteiger partial charge in [-0.25, -0.2) is 0 Å². The molecule has 0 saturated carbocycles. The van der Waals surface area contributed by atoms with Gasteiger partial charge in [0, 0.05) is 0 Å². The van der Waals surface area contributed by atoms with E-state index in [0.717, 1.165) is 31.5 Å². The first kappa shape index (κ1) is 12.7. The second-order valence-electron chi connectivity index (χ2n) is 5.16. The van der Waals surface area contributed by atoms with Crippen molar-refractivity contribution in [1.82, 2.24) is 4.81 Å². The Kier molecular flexibility index (Phi) is 3.49. The molecule has 0 bridgehead atoms. The van der Waals surface area contributed by atoms with Gasteiger partial charge >= 0.3 is 123 Å². The van der Waals surface area contributed by atoms with Gasteiger partial charge in [0.1, 0.15) is 0 Å². The standard InChI is InChI=1S/C12H15B2IN2O/c13-16-6-3-8(4-7-16)17-11-9(2-1-5-14-11)10(15)12(17)18/h1-2,5,8,10H,3-4,6-7,13H2. The number of carbonyl (C=O) groups is 1. The molecule has 1 atom stereocenters. The van der Waals surface area contributed by atoms with Crippen LogP contribution in [0.4, 0.5) is 5.58 Å². The van der Waals surface area contributed by atoms with Crippen LogP contribution in [0.2, 0.25) is 0 Å². The number of hydrogen-bond donors (Lipinski definition) is 0. The van der Waals surface area contributed by atoms with Crippen LogP contribution in [-0.2, 0) is 4.79 Å². The molecule has 1 amide bonds. The summed E-state index contributed by atoms with van der Waals surface area (Å²) in [6.45, 7) is 4.26. The van der Waals surface area contributed by atoms with Crippen molar-refractivity contribution in [1.29, 1.82) is 0 Å². The molecule has 1 aromatic heterocycles. The molecule has 6 heteroatoms. The summed E-state index contributed by atoms with van der Waals surface area (Å²) in [6.07, 6.45) is 2.17. The van der Waals surface area contributed by atoms with Gasteiger partial charge in [0.25, 0.3) is 0 Å². The molecule has 1 unspecified atom stereocenters. The van der Waals surface area contributed by atoms with Gasteiger partial charge in [0.2, 0.25) is 0 Å². The third kappa shape index (κ3) is 2.03. The Morgan fingerprint density at radius 1 is 1.39 bits per heavy atom. The van der Waals surface area contributed by atoms with Crippen LogP contribution in [0.5, 0.6) is 0 Å². The van der Waals surface area contributed by atoms with Gasteiger partial charge in [-0.15, -0.1) is 0 Å². The van der Waals surface area contributed by atoms with Crippen LogP contribution >= 0.6 is 22.6 Å². The van der Waals surface area contributed by atoms with Gasteiger partial charge < -0.3 is 0 Å². The summed E-state index contributed by atoms with van der Waals surface area (Å²) >= 11 is 2.26. The molecule has 2 aliphatic heterocycles. The van der Waals surface area contributed by atoms with Crippen LogP contribution in [0.15, 0.2) is 18.1 Å². The molecule has 2 aliphatic rings. The molecule has 0 spiro atoms. The molecule has 18 heavy (non-hydrogen) atoms. The van der Waals surface area contributed by atoms with E-state index >= 15 is 0 Å². The Hall–Kier alpha value is -0.360. The topological polar surface area (TPSA) is 23.6 Å². The molecule has 3 heterocycles. The van der Waals surface area contributed by atoms with Crippen molar-refractivity contribution in [3.8, 4) is 0 Å². The summed E-state index contributed by atoms with van der Waals surface area (Å²) in [5.74, 6) is 2.30. The first-order valence-corrected chi connectivity index (χ1v) is 7.67. The van der Waals surface area contributed by atoms with Crippen molar-refractivity contribution in [2.24, 2.45) is 0 Å². The quantitative estimate of drug-likeness (QED) is 0.426. The zero-order valence-electron chi connectivity index (χ0n) is 10.5. The van der Waals surface area contributed by atoms with E-state index < -0.39 is 0 Å². The van der Waals surface area contributed by atoms with E-state index in [9.17, 15) is 4.79 Å². The number of piperidine rings is 1. The van der Waals surface area contributed by atoms with Gasteiger partial charge in [0.15, 0.2) is 0 Å². The second-order valence-corrected chi connectivity index (χ2v) is 6.41. The van der Waals surface area contributed by atoms with Crippen LogP contribution in [-0.4, -0.2) is 44.7 Å². The van der Waals surface area contributed by atoms with E-state index in [-0.39, 0.29) is 9.83 Å². The molecule has 0 N–H and O–H groups in total. The zero-order valence-corrected chi connectivity index (χ0v) is 12.6. The van der Waals surface area contributed by atoms with Crippen molar-refractivity contribution in [3.05, 3.63) is 23.7 Å². The third-order valence-corrected chi connectivity index (χ3v) is 5.18. The monoisotopic (exact) mass is 352 g/mol. The molecule has 0 radical (unpaired) electrons. The number of alkyl halides is 1. The predicted molar refractivity (Wildman–Crippen MR) is 85.2 cm³/mol. The third-order valence-electron chi connectivity index (χ3n) is 3.98. The average Bonchev–Trinajstić information content (AvgIpc) is 2.64. The number of anilines is 1. The van der Waals surface area contributed by atoms with Crippen LogP contribution in [0, 0.1) is 0 Å². The fourth-order valence-corrected chi connectivity index (χ4v) is 3.75. The molecular formula is C12H15B2IN2O. The van der Waals surface area contributed by atoms with Gasteiger partial charge in [0.05, 0.1) is 0 Å². The Balaban J connectivity index is 1.91. The first-order valence-electron chi connectivity index (χ1n) is 6.43. The van der Waals surface area contributed by atoms with E-state index in [1.54, 1.807) is 0 Å². The molecule has 1 saturated heterocycles. The Morgan fingerprint density at radius 2 is 2.11 bits per heavy atom. The molecule has 0 aliphatic carbocycles. The summed E-state index contributed by atoms with van der Waals surface area (Å²) in [6, 6.07) is 4.49. The van der Waals surface area contributed by atoms with Crippen molar-refractivity contribution in [2.75, 3.05) is 18.0 Å². The minimum atomic E-state index is -0.00143. The number of amides is 1. The molecule has 92 valence electrons. The number of rotatable bonds is 1. The minimum absolute atomic E-state index is 0.00143. The van der Waals surface area contributed by atoms with E-state index in [1.807, 2.05) is 12.0 Å². The molecular weight excluding hydrogens is 337 g/mol. The zero-order chi connectivity index (χ0) is 12.7. The van der Waals surface area contributed by atoms with Crippen molar-refractivity contribution >= 4 is 49.0 Å². The number of nitrogens with zero attached hydrogens (tertiary/aromatic N) is 2. The fourth-order valence-electron chi connectivity index (χ4n) is 2.92. The van der Waals surface area contributed by atoms with Crippen molar-refractivity contribution < 1.29 is 4.79 Å². The predicted octanol–water partition coefficient (Wildman–Crippen LogP) is 0.860. The summed E-state index contributed by atoms with van der Waals surface area (Å²) in [4.78, 5) is 16.8. The van der Waals surface area contributed by atoms with Crippen molar-refractivity contribution in [3.63, 3.8) is 0 Å². The summed E-state index contributed by atoms with van der Waals surface area (Å²) in [7, 11) is 2.15. The maximum atomic E-state index is 12.4. The molecule has 1 fully saturated rings. The van der Waals surface area contributed by atoms with E-state index in [1.165, 1.54) is 5.56 Å². The Bertz CT molecular complexity index is 477. The SMILES string of the molecule is BN1CCC(N2C(=O)C(I)c3cccbc32)CC1. The summed E-state index contributed by atoms with van der Waals surface area (Å²) in [5, 5.41) is 0. The first-order chi connectivity index (χ1) is 8.68. The molecule has 3 rings (SSSR count). The Labute approximate surface area is 123 Å². The van der Waals surface area contributed by atoms with Crippen LogP contribution in [0.3, 0.4) is 0 Å². The molecule has 1 aromatic rings. The van der Waals surface area contributed by atoms with Crippen LogP contribution < -0.4 is 4.90 Å². The van der Waals surface area contributed by atoms with Gasteiger partial charge in [-0.05, 0) is 0 Å². The molecule has 0 aromatic carbocycles. The van der Waals surface area contributed by atoms with Gasteiger partial charge in [-0.3, -0.25) is 0 Å². The molecule has 3 nitrogen and oxygen atoms in total. The average molecular weight is 352 g/mol. The summed E-state index contributed by atoms with van der Waals surface area (Å²) in [5.41, 5.74) is 2.32. The van der Waals surface area contributed by atoms with Crippen LogP contribution in [0.25, 0.3) is 0 Å². The maximum absolute atomic E-state index is 12.4. The van der Waals surface area contributed by atoms with E-state index in [2.05, 4.69) is 53.3 Å². The normalized spacial score (nSPS) is 25.3. The van der Waals surface area contributed by atoms with Crippen molar-refractivity contribution in [2.45, 2.75) is 22.8 Å². The number of carbonyl (C=O) groups excluding carboxylic acids is 1. The van der Waals surface area contributed by atoms with E-state index in [0.29, 0.717) is 6.04 Å². The number of halogens is 1. The van der Waals surface area contributed by atoms with Gasteiger partial charge in [-0.1, -0.05) is 0 Å². The van der Waals surface area contributed by atoms with E-state index in [4.69, 9.17) is 0 Å². The number of hydrogen-bond acceptors (Lipinski definition) is 2. The summed E-state index contributed by atoms with van der Waals surface area (Å²) < 4.78 is -0.00143. The van der Waals surface area contributed by atoms with Gasteiger partial charge in [-0.2, -0.15) is 0 Å². The second kappa shape index (κ2) is 4.96.